The number of aryl methyl sites for hydroxylation is 2. The third-order valence-electron chi connectivity index (χ3n) is 3.53. The van der Waals surface area contributed by atoms with Crippen LogP contribution in [0.5, 0.6) is 0 Å². The molecule has 0 aliphatic heterocycles. The van der Waals surface area contributed by atoms with Crippen molar-refractivity contribution in [3.8, 4) is 0 Å². The maximum atomic E-state index is 4.60. The minimum absolute atomic E-state index is 0.409. The normalized spacial score (nSPS) is 12.7. The standard InChI is InChI=1S/C16H28N2/c1-5-6-7-8-9-10-15(17-4)16-14(3)11-13(2)12-18-16/h11-12,15,17H,5-10H2,1-4H3. The molecule has 0 saturated carbocycles. The summed E-state index contributed by atoms with van der Waals surface area (Å²) < 4.78 is 0. The lowest BCUT2D eigenvalue weighted by molar-refractivity contribution is 0.490. The number of pyridine rings is 1. The molecule has 1 aromatic heterocycles. The Balaban J connectivity index is 2.49. The first-order valence-corrected chi connectivity index (χ1v) is 7.29. The van der Waals surface area contributed by atoms with Gasteiger partial charge in [0.1, 0.15) is 0 Å². The summed E-state index contributed by atoms with van der Waals surface area (Å²) in [5.74, 6) is 0. The summed E-state index contributed by atoms with van der Waals surface area (Å²) in [6, 6.07) is 2.64. The third-order valence-corrected chi connectivity index (χ3v) is 3.53. The van der Waals surface area contributed by atoms with Gasteiger partial charge in [0.25, 0.3) is 0 Å². The number of rotatable bonds is 8. The van der Waals surface area contributed by atoms with Crippen molar-refractivity contribution in [1.82, 2.24) is 10.3 Å². The highest BCUT2D eigenvalue weighted by atomic mass is 14.9. The van der Waals surface area contributed by atoms with E-state index < -0.39 is 0 Å². The zero-order valence-corrected chi connectivity index (χ0v) is 12.4. The smallest absolute Gasteiger partial charge is 0.0602 e. The third kappa shape index (κ3) is 4.77. The summed E-state index contributed by atoms with van der Waals surface area (Å²) in [4.78, 5) is 4.60. The highest BCUT2D eigenvalue weighted by molar-refractivity contribution is 5.25. The lowest BCUT2D eigenvalue weighted by Crippen LogP contribution is -2.18. The van der Waals surface area contributed by atoms with E-state index in [4.69, 9.17) is 0 Å². The Kier molecular flexibility index (Phi) is 6.96. The van der Waals surface area contributed by atoms with Gasteiger partial charge in [-0.25, -0.2) is 0 Å². The molecule has 0 saturated heterocycles. The van der Waals surface area contributed by atoms with Crippen LogP contribution >= 0.6 is 0 Å². The van der Waals surface area contributed by atoms with E-state index in [0.717, 1.165) is 0 Å². The highest BCUT2D eigenvalue weighted by Gasteiger charge is 2.12. The van der Waals surface area contributed by atoms with Crippen LogP contribution in [-0.2, 0) is 0 Å². The number of nitrogens with zero attached hydrogens (tertiary/aromatic N) is 1. The molecule has 2 heteroatoms. The fourth-order valence-electron chi connectivity index (χ4n) is 2.46. The van der Waals surface area contributed by atoms with E-state index in [-0.39, 0.29) is 0 Å². The maximum absolute atomic E-state index is 4.60. The lowest BCUT2D eigenvalue weighted by Gasteiger charge is -2.18. The first-order valence-electron chi connectivity index (χ1n) is 7.29. The van der Waals surface area contributed by atoms with Gasteiger partial charge < -0.3 is 5.32 Å². The Morgan fingerprint density at radius 3 is 2.50 bits per heavy atom. The molecule has 1 rings (SSSR count). The van der Waals surface area contributed by atoms with Crippen molar-refractivity contribution in [2.45, 2.75) is 65.3 Å². The van der Waals surface area contributed by atoms with Gasteiger partial charge in [-0.1, -0.05) is 45.1 Å². The monoisotopic (exact) mass is 248 g/mol. The summed E-state index contributed by atoms with van der Waals surface area (Å²) in [5, 5.41) is 3.41. The highest BCUT2D eigenvalue weighted by Crippen LogP contribution is 2.21. The van der Waals surface area contributed by atoms with E-state index in [1.165, 1.54) is 55.3 Å². The zero-order valence-electron chi connectivity index (χ0n) is 12.4. The van der Waals surface area contributed by atoms with Crippen molar-refractivity contribution in [3.05, 3.63) is 29.1 Å². The van der Waals surface area contributed by atoms with E-state index in [1.807, 2.05) is 13.2 Å². The average molecular weight is 248 g/mol. The maximum Gasteiger partial charge on any atom is 0.0602 e. The van der Waals surface area contributed by atoms with Crippen LogP contribution < -0.4 is 5.32 Å². The van der Waals surface area contributed by atoms with Gasteiger partial charge in [0, 0.05) is 12.2 Å². The Morgan fingerprint density at radius 2 is 1.89 bits per heavy atom. The van der Waals surface area contributed by atoms with Crippen LogP contribution in [-0.4, -0.2) is 12.0 Å². The van der Waals surface area contributed by atoms with Gasteiger partial charge >= 0.3 is 0 Å². The summed E-state index contributed by atoms with van der Waals surface area (Å²) in [6.45, 7) is 6.52. The van der Waals surface area contributed by atoms with Gasteiger partial charge in [0.15, 0.2) is 0 Å². The van der Waals surface area contributed by atoms with E-state index in [1.54, 1.807) is 0 Å². The van der Waals surface area contributed by atoms with Crippen molar-refractivity contribution >= 4 is 0 Å². The Bertz CT molecular complexity index is 347. The zero-order chi connectivity index (χ0) is 13.4. The van der Waals surface area contributed by atoms with Crippen molar-refractivity contribution in [2.24, 2.45) is 0 Å². The van der Waals surface area contributed by atoms with Crippen LogP contribution in [0.15, 0.2) is 12.3 Å². The first-order chi connectivity index (χ1) is 8.69. The average Bonchev–Trinajstić information content (AvgIpc) is 2.35. The van der Waals surface area contributed by atoms with Crippen molar-refractivity contribution in [1.29, 1.82) is 0 Å². The SMILES string of the molecule is CCCCCCCC(NC)c1ncc(C)cc1C. The van der Waals surface area contributed by atoms with Gasteiger partial charge in [-0.3, -0.25) is 4.98 Å². The largest absolute Gasteiger partial charge is 0.312 e. The predicted molar refractivity (Wildman–Crippen MR) is 78.9 cm³/mol. The van der Waals surface area contributed by atoms with E-state index >= 15 is 0 Å². The first kappa shape index (κ1) is 15.2. The molecular weight excluding hydrogens is 220 g/mol. The van der Waals surface area contributed by atoms with Gasteiger partial charge in [0.2, 0.25) is 0 Å². The number of hydrogen-bond acceptors (Lipinski definition) is 2. The van der Waals surface area contributed by atoms with Crippen LogP contribution in [0.2, 0.25) is 0 Å². The fourth-order valence-corrected chi connectivity index (χ4v) is 2.46. The van der Waals surface area contributed by atoms with Gasteiger partial charge in [-0.05, 0) is 38.4 Å². The second kappa shape index (κ2) is 8.25. The molecule has 2 nitrogen and oxygen atoms in total. The predicted octanol–water partition coefficient (Wildman–Crippen LogP) is 4.32. The van der Waals surface area contributed by atoms with Crippen molar-refractivity contribution in [3.63, 3.8) is 0 Å². The molecule has 0 radical (unpaired) electrons. The summed E-state index contributed by atoms with van der Waals surface area (Å²) in [7, 11) is 2.04. The van der Waals surface area contributed by atoms with E-state index in [9.17, 15) is 0 Å². The topological polar surface area (TPSA) is 24.9 Å². The molecule has 0 aromatic carbocycles. The fraction of sp³-hybridized carbons (Fsp3) is 0.688. The lowest BCUT2D eigenvalue weighted by atomic mass is 10.0. The Morgan fingerprint density at radius 1 is 1.17 bits per heavy atom. The van der Waals surface area contributed by atoms with Crippen molar-refractivity contribution < 1.29 is 0 Å². The quantitative estimate of drug-likeness (QED) is 0.693. The minimum Gasteiger partial charge on any atom is -0.312 e. The molecule has 1 N–H and O–H groups in total. The molecular formula is C16H28N2. The number of aromatic nitrogens is 1. The molecule has 1 unspecified atom stereocenters. The molecule has 0 amide bonds. The van der Waals surface area contributed by atoms with Crippen molar-refractivity contribution in [2.75, 3.05) is 7.05 Å². The number of nitrogens with one attached hydrogen (secondary N) is 1. The summed E-state index contributed by atoms with van der Waals surface area (Å²) >= 11 is 0. The van der Waals surface area contributed by atoms with E-state index in [2.05, 4.69) is 37.1 Å². The van der Waals surface area contributed by atoms with E-state index in [0.29, 0.717) is 6.04 Å². The van der Waals surface area contributed by atoms with Gasteiger partial charge in [-0.2, -0.15) is 0 Å². The molecule has 18 heavy (non-hydrogen) atoms. The number of hydrogen-bond donors (Lipinski definition) is 1. The second-order valence-electron chi connectivity index (χ2n) is 5.26. The summed E-state index contributed by atoms with van der Waals surface area (Å²) in [6.07, 6.45) is 9.85. The molecule has 1 heterocycles. The van der Waals surface area contributed by atoms with Crippen LogP contribution in [0.1, 0.15) is 68.3 Å². The molecule has 102 valence electrons. The molecule has 1 aromatic rings. The Hall–Kier alpha value is -0.890. The summed E-state index contributed by atoms with van der Waals surface area (Å²) in [5.41, 5.74) is 3.77. The molecule has 0 spiro atoms. The minimum atomic E-state index is 0.409. The van der Waals surface area contributed by atoms with Crippen LogP contribution in [0.4, 0.5) is 0 Å². The molecule has 0 aliphatic rings. The van der Waals surface area contributed by atoms with Crippen LogP contribution in [0, 0.1) is 13.8 Å². The Labute approximate surface area is 112 Å². The molecule has 0 aliphatic carbocycles. The van der Waals surface area contributed by atoms with Gasteiger partial charge in [0.05, 0.1) is 5.69 Å². The molecule has 0 bridgehead atoms. The molecule has 1 atom stereocenters. The molecule has 0 fully saturated rings. The van der Waals surface area contributed by atoms with Crippen LogP contribution in [0.3, 0.4) is 0 Å². The second-order valence-corrected chi connectivity index (χ2v) is 5.26. The number of unbranched alkanes of at least 4 members (excludes halogenated alkanes) is 4. The van der Waals surface area contributed by atoms with Crippen LogP contribution in [0.25, 0.3) is 0 Å². The van der Waals surface area contributed by atoms with Gasteiger partial charge in [-0.15, -0.1) is 0 Å².